The summed E-state index contributed by atoms with van der Waals surface area (Å²) in [6.07, 6.45) is 4.35. The summed E-state index contributed by atoms with van der Waals surface area (Å²) >= 11 is 0. The van der Waals surface area contributed by atoms with Crippen LogP contribution < -0.4 is 0 Å². The van der Waals surface area contributed by atoms with Crippen LogP contribution in [0.1, 0.15) is 34.1 Å². The highest BCUT2D eigenvalue weighted by molar-refractivity contribution is 5.82. The lowest BCUT2D eigenvalue weighted by molar-refractivity contribution is -0.137. The van der Waals surface area contributed by atoms with Crippen LogP contribution in [0.4, 0.5) is 0 Å². The molecule has 0 rings (SSSR count). The summed E-state index contributed by atoms with van der Waals surface area (Å²) < 4.78 is 4.94. The number of hydrogen-bond donors (Lipinski definition) is 0. The van der Waals surface area contributed by atoms with E-state index >= 15 is 0 Å². The van der Waals surface area contributed by atoms with Crippen LogP contribution in [0.3, 0.4) is 0 Å². The van der Waals surface area contributed by atoms with E-state index < -0.39 is 0 Å². The van der Waals surface area contributed by atoms with E-state index in [1.807, 2.05) is 27.7 Å². The Morgan fingerprint density at radius 1 is 1.15 bits per heavy atom. The van der Waals surface area contributed by atoms with E-state index in [4.69, 9.17) is 4.74 Å². The van der Waals surface area contributed by atoms with Crippen molar-refractivity contribution in [2.24, 2.45) is 0 Å². The molecule has 0 atom stereocenters. The van der Waals surface area contributed by atoms with Crippen molar-refractivity contribution in [1.82, 2.24) is 0 Å². The molecule has 0 aromatic heterocycles. The zero-order valence-corrected chi connectivity index (χ0v) is 8.89. The molecule has 0 aliphatic heterocycles. The molecule has 0 spiro atoms. The smallest absolute Gasteiger partial charge is 0.330 e. The van der Waals surface area contributed by atoms with Gasteiger partial charge in [0.25, 0.3) is 0 Å². The van der Waals surface area contributed by atoms with Crippen molar-refractivity contribution in [3.8, 4) is 0 Å². The Morgan fingerprint density at radius 3 is 2.23 bits per heavy atom. The molecule has 0 saturated carbocycles. The van der Waals surface area contributed by atoms with Gasteiger partial charge in [-0.05, 0) is 34.1 Å². The predicted octanol–water partition coefficient (Wildman–Crippen LogP) is 2.85. The van der Waals surface area contributed by atoms with Crippen molar-refractivity contribution in [2.45, 2.75) is 34.1 Å². The largest absolute Gasteiger partial charge is 0.462 e. The van der Waals surface area contributed by atoms with E-state index in [1.165, 1.54) is 11.6 Å². The number of hydrogen-bond acceptors (Lipinski definition) is 2. The molecule has 0 amide bonds. The molecule has 0 radical (unpaired) electrons. The quantitative estimate of drug-likeness (QED) is 0.289. The summed E-state index contributed by atoms with van der Waals surface area (Å²) in [6.45, 7) is 8.26. The summed E-state index contributed by atoms with van der Waals surface area (Å²) in [4.78, 5) is 11.0. The molecule has 0 fully saturated rings. The Balaban J connectivity index is 3.61. The minimum absolute atomic E-state index is 0.248. The molecule has 2 nitrogen and oxygen atoms in total. The van der Waals surface area contributed by atoms with E-state index in [9.17, 15) is 4.79 Å². The van der Waals surface area contributed by atoms with E-state index in [0.717, 1.165) is 12.0 Å². The summed E-state index contributed by atoms with van der Waals surface area (Å²) in [5.74, 6) is -0.248. The van der Waals surface area contributed by atoms with Gasteiger partial charge in [0.2, 0.25) is 0 Å². The molecule has 0 N–H and O–H groups in total. The van der Waals surface area contributed by atoms with Gasteiger partial charge in [-0.1, -0.05) is 17.2 Å². The standard InChI is InChI=1S/C11H18O2/c1-9(2)6-5-7-13-11(12)8-10(3)4/h6,8H,5,7H2,1-4H3. The van der Waals surface area contributed by atoms with Gasteiger partial charge in [-0.3, -0.25) is 0 Å². The number of carbonyl (C=O) groups excluding carboxylic acids is 1. The maximum Gasteiger partial charge on any atom is 0.330 e. The number of allylic oxidation sites excluding steroid dienone is 2. The van der Waals surface area contributed by atoms with Gasteiger partial charge in [-0.15, -0.1) is 0 Å². The maximum atomic E-state index is 11.0. The van der Waals surface area contributed by atoms with Crippen LogP contribution in [-0.2, 0) is 9.53 Å². The fourth-order valence-electron chi connectivity index (χ4n) is 0.784. The van der Waals surface area contributed by atoms with Crippen LogP contribution in [0.2, 0.25) is 0 Å². The molecule has 0 unspecified atom stereocenters. The van der Waals surface area contributed by atoms with Crippen LogP contribution in [0.5, 0.6) is 0 Å². The topological polar surface area (TPSA) is 26.3 Å². The average Bonchev–Trinajstić information content (AvgIpc) is 1.96. The van der Waals surface area contributed by atoms with Crippen molar-refractivity contribution < 1.29 is 9.53 Å². The first-order valence-electron chi connectivity index (χ1n) is 4.47. The maximum absolute atomic E-state index is 11.0. The Morgan fingerprint density at radius 2 is 1.77 bits per heavy atom. The average molecular weight is 182 g/mol. The third-order valence-electron chi connectivity index (χ3n) is 1.32. The van der Waals surface area contributed by atoms with Crippen molar-refractivity contribution in [3.63, 3.8) is 0 Å². The van der Waals surface area contributed by atoms with Gasteiger partial charge in [0.05, 0.1) is 6.61 Å². The molecule has 0 aliphatic carbocycles. The van der Waals surface area contributed by atoms with Crippen LogP contribution in [0.15, 0.2) is 23.3 Å². The Labute approximate surface area is 80.3 Å². The highest BCUT2D eigenvalue weighted by Crippen LogP contribution is 1.95. The van der Waals surface area contributed by atoms with Gasteiger partial charge in [0.1, 0.15) is 0 Å². The SMILES string of the molecule is CC(C)=CCCOC(=O)C=C(C)C. The second kappa shape index (κ2) is 6.46. The number of carbonyl (C=O) groups is 1. The Bertz CT molecular complexity index is 216. The first-order valence-corrected chi connectivity index (χ1v) is 4.47. The fraction of sp³-hybridized carbons (Fsp3) is 0.545. The van der Waals surface area contributed by atoms with Crippen molar-refractivity contribution in [2.75, 3.05) is 6.61 Å². The molecular weight excluding hydrogens is 164 g/mol. The van der Waals surface area contributed by atoms with Crippen LogP contribution in [0, 0.1) is 0 Å². The van der Waals surface area contributed by atoms with Gasteiger partial charge >= 0.3 is 5.97 Å². The lowest BCUT2D eigenvalue weighted by Crippen LogP contribution is -2.02. The zero-order chi connectivity index (χ0) is 10.3. The third-order valence-corrected chi connectivity index (χ3v) is 1.32. The highest BCUT2D eigenvalue weighted by Gasteiger charge is 1.95. The monoisotopic (exact) mass is 182 g/mol. The van der Waals surface area contributed by atoms with E-state index in [0.29, 0.717) is 6.61 Å². The number of rotatable bonds is 4. The summed E-state index contributed by atoms with van der Waals surface area (Å²) in [7, 11) is 0. The number of esters is 1. The van der Waals surface area contributed by atoms with Gasteiger partial charge in [0, 0.05) is 6.08 Å². The van der Waals surface area contributed by atoms with Crippen molar-refractivity contribution in [1.29, 1.82) is 0 Å². The molecular formula is C11H18O2. The Kier molecular flexibility index (Phi) is 5.94. The summed E-state index contributed by atoms with van der Waals surface area (Å²) in [5, 5.41) is 0. The van der Waals surface area contributed by atoms with Gasteiger partial charge in [0.15, 0.2) is 0 Å². The van der Waals surface area contributed by atoms with Crippen LogP contribution in [-0.4, -0.2) is 12.6 Å². The Hall–Kier alpha value is -1.05. The van der Waals surface area contributed by atoms with Crippen LogP contribution in [0.25, 0.3) is 0 Å². The van der Waals surface area contributed by atoms with E-state index in [1.54, 1.807) is 0 Å². The lowest BCUT2D eigenvalue weighted by atomic mass is 10.3. The minimum atomic E-state index is -0.248. The van der Waals surface area contributed by atoms with Crippen molar-refractivity contribution in [3.05, 3.63) is 23.3 Å². The van der Waals surface area contributed by atoms with Crippen molar-refractivity contribution >= 4 is 5.97 Å². The molecule has 0 aromatic carbocycles. The molecule has 0 heterocycles. The first-order chi connectivity index (χ1) is 6.02. The van der Waals surface area contributed by atoms with Gasteiger partial charge < -0.3 is 4.74 Å². The molecule has 74 valence electrons. The van der Waals surface area contributed by atoms with Crippen LogP contribution >= 0.6 is 0 Å². The first kappa shape index (κ1) is 11.9. The summed E-state index contributed by atoms with van der Waals surface area (Å²) in [5.41, 5.74) is 2.21. The second-order valence-electron chi connectivity index (χ2n) is 3.46. The highest BCUT2D eigenvalue weighted by atomic mass is 16.5. The predicted molar refractivity (Wildman–Crippen MR) is 54.4 cm³/mol. The lowest BCUT2D eigenvalue weighted by Gasteiger charge is -1.99. The third kappa shape index (κ3) is 8.86. The molecule has 0 aliphatic rings. The van der Waals surface area contributed by atoms with E-state index in [-0.39, 0.29) is 5.97 Å². The van der Waals surface area contributed by atoms with E-state index in [2.05, 4.69) is 6.08 Å². The zero-order valence-electron chi connectivity index (χ0n) is 8.89. The molecule has 0 aromatic rings. The minimum Gasteiger partial charge on any atom is -0.462 e. The normalized spacial score (nSPS) is 8.92. The second-order valence-corrected chi connectivity index (χ2v) is 3.46. The fourth-order valence-corrected chi connectivity index (χ4v) is 0.784. The molecule has 0 saturated heterocycles. The number of ether oxygens (including phenoxy) is 1. The van der Waals surface area contributed by atoms with Gasteiger partial charge in [-0.25, -0.2) is 4.79 Å². The van der Waals surface area contributed by atoms with Gasteiger partial charge in [-0.2, -0.15) is 0 Å². The molecule has 2 heteroatoms. The summed E-state index contributed by atoms with van der Waals surface area (Å²) in [6, 6.07) is 0. The molecule has 13 heavy (non-hydrogen) atoms. The molecule has 0 bridgehead atoms.